The lowest BCUT2D eigenvalue weighted by atomic mass is 10.1. The molecule has 3 aromatic rings. The molecule has 146 valence electrons. The summed E-state index contributed by atoms with van der Waals surface area (Å²) in [5.74, 6) is 0.951. The Morgan fingerprint density at radius 3 is 2.57 bits per heavy atom. The second kappa shape index (κ2) is 9.47. The number of rotatable bonds is 8. The van der Waals surface area contributed by atoms with E-state index in [0.717, 1.165) is 16.8 Å². The van der Waals surface area contributed by atoms with Crippen LogP contribution in [0.3, 0.4) is 0 Å². The molecule has 0 fully saturated rings. The third-order valence-corrected chi connectivity index (χ3v) is 4.57. The van der Waals surface area contributed by atoms with Crippen LogP contribution in [-0.4, -0.2) is 6.61 Å². The molecule has 0 spiro atoms. The van der Waals surface area contributed by atoms with E-state index in [0.29, 0.717) is 35.2 Å². The van der Waals surface area contributed by atoms with Crippen molar-refractivity contribution in [3.63, 3.8) is 0 Å². The summed E-state index contributed by atoms with van der Waals surface area (Å²) in [7, 11) is 0. The summed E-state index contributed by atoms with van der Waals surface area (Å²) in [6.45, 7) is 5.23. The van der Waals surface area contributed by atoms with Gasteiger partial charge in [0, 0.05) is 22.8 Å². The van der Waals surface area contributed by atoms with Gasteiger partial charge in [-0.25, -0.2) is 4.39 Å². The van der Waals surface area contributed by atoms with Crippen molar-refractivity contribution in [2.24, 2.45) is 0 Å². The molecule has 1 N–H and O–H groups in total. The molecule has 0 atom stereocenters. The Balaban J connectivity index is 1.71. The highest BCUT2D eigenvalue weighted by Gasteiger charge is 2.09. The van der Waals surface area contributed by atoms with Gasteiger partial charge in [0.1, 0.15) is 12.4 Å². The zero-order chi connectivity index (χ0) is 19.9. The van der Waals surface area contributed by atoms with Crippen LogP contribution in [0, 0.1) is 12.7 Å². The number of ether oxygens (including phenoxy) is 2. The molecule has 0 bridgehead atoms. The Morgan fingerprint density at radius 2 is 1.79 bits per heavy atom. The second-order valence-electron chi connectivity index (χ2n) is 6.41. The Kier molecular flexibility index (Phi) is 6.77. The van der Waals surface area contributed by atoms with Crippen molar-refractivity contribution in [2.75, 3.05) is 11.9 Å². The second-order valence-corrected chi connectivity index (χ2v) is 6.84. The fraction of sp³-hybridized carbons (Fsp3) is 0.217. The Labute approximate surface area is 170 Å². The molecule has 3 nitrogen and oxygen atoms in total. The highest BCUT2D eigenvalue weighted by molar-refractivity contribution is 6.30. The molecule has 0 aliphatic rings. The first-order valence-electron chi connectivity index (χ1n) is 9.18. The number of nitrogens with one attached hydrogen (secondary N) is 1. The number of hydrogen-bond donors (Lipinski definition) is 1. The third kappa shape index (κ3) is 5.17. The van der Waals surface area contributed by atoms with Gasteiger partial charge in [-0.15, -0.1) is 0 Å². The molecule has 0 saturated carbocycles. The van der Waals surface area contributed by atoms with Gasteiger partial charge in [0.2, 0.25) is 0 Å². The number of halogens is 2. The van der Waals surface area contributed by atoms with Crippen molar-refractivity contribution in [1.29, 1.82) is 0 Å². The van der Waals surface area contributed by atoms with Gasteiger partial charge in [-0.2, -0.15) is 0 Å². The Hall–Kier alpha value is -2.72. The summed E-state index contributed by atoms with van der Waals surface area (Å²) < 4.78 is 25.3. The van der Waals surface area contributed by atoms with Gasteiger partial charge in [-0.3, -0.25) is 0 Å². The molecule has 5 heteroatoms. The average Bonchev–Trinajstić information content (AvgIpc) is 2.69. The van der Waals surface area contributed by atoms with Crippen LogP contribution >= 0.6 is 11.6 Å². The molecule has 0 saturated heterocycles. The molecule has 0 amide bonds. The van der Waals surface area contributed by atoms with Crippen molar-refractivity contribution in [2.45, 2.75) is 27.0 Å². The highest BCUT2D eigenvalue weighted by Crippen LogP contribution is 2.30. The number of aryl methyl sites for hydroxylation is 1. The van der Waals surface area contributed by atoms with Crippen molar-refractivity contribution in [3.05, 3.63) is 88.2 Å². The molecular formula is C23H23ClFNO2. The lowest BCUT2D eigenvalue weighted by Crippen LogP contribution is -2.04. The number of benzene rings is 3. The van der Waals surface area contributed by atoms with Gasteiger partial charge >= 0.3 is 0 Å². The van der Waals surface area contributed by atoms with Crippen LogP contribution in [0.2, 0.25) is 5.02 Å². The van der Waals surface area contributed by atoms with Gasteiger partial charge < -0.3 is 14.8 Å². The van der Waals surface area contributed by atoms with Crippen molar-refractivity contribution in [1.82, 2.24) is 0 Å². The smallest absolute Gasteiger partial charge is 0.161 e. The summed E-state index contributed by atoms with van der Waals surface area (Å²) in [6.07, 6.45) is 0. The van der Waals surface area contributed by atoms with Crippen molar-refractivity contribution in [3.8, 4) is 11.5 Å². The molecule has 3 aromatic carbocycles. The molecule has 0 aliphatic heterocycles. The zero-order valence-electron chi connectivity index (χ0n) is 16.0. The van der Waals surface area contributed by atoms with E-state index >= 15 is 0 Å². The van der Waals surface area contributed by atoms with Crippen molar-refractivity contribution >= 4 is 17.3 Å². The Morgan fingerprint density at radius 1 is 0.964 bits per heavy atom. The van der Waals surface area contributed by atoms with E-state index in [4.69, 9.17) is 21.1 Å². The summed E-state index contributed by atoms with van der Waals surface area (Å²) >= 11 is 6.08. The van der Waals surface area contributed by atoms with E-state index in [1.54, 1.807) is 18.2 Å². The maximum absolute atomic E-state index is 13.8. The van der Waals surface area contributed by atoms with Gasteiger partial charge in [0.15, 0.2) is 11.5 Å². The lowest BCUT2D eigenvalue weighted by Gasteiger charge is -2.15. The molecule has 0 aliphatic carbocycles. The summed E-state index contributed by atoms with van der Waals surface area (Å²) in [5, 5.41) is 4.09. The number of hydrogen-bond acceptors (Lipinski definition) is 3. The molecule has 0 unspecified atom stereocenters. The fourth-order valence-electron chi connectivity index (χ4n) is 2.80. The van der Waals surface area contributed by atoms with Crippen LogP contribution in [0.25, 0.3) is 0 Å². The van der Waals surface area contributed by atoms with Gasteiger partial charge in [0.05, 0.1) is 6.61 Å². The van der Waals surface area contributed by atoms with Crippen LogP contribution < -0.4 is 14.8 Å². The minimum Gasteiger partial charge on any atom is -0.490 e. The zero-order valence-corrected chi connectivity index (χ0v) is 16.7. The van der Waals surface area contributed by atoms with E-state index in [-0.39, 0.29) is 12.4 Å². The summed E-state index contributed by atoms with van der Waals surface area (Å²) in [6, 6.07) is 18.1. The predicted molar refractivity (Wildman–Crippen MR) is 112 cm³/mol. The summed E-state index contributed by atoms with van der Waals surface area (Å²) in [4.78, 5) is 0. The standard InChI is InChI=1S/C23H23ClFNO2/c1-3-27-23-12-17(14-26-21-13-19(24)10-8-16(21)2)9-11-22(23)28-15-18-6-4-5-7-20(18)25/h4-13,26H,3,14-15H2,1-2H3. The molecule has 3 rings (SSSR count). The molecule has 0 heterocycles. The molecule has 0 radical (unpaired) electrons. The minimum absolute atomic E-state index is 0.145. The highest BCUT2D eigenvalue weighted by atomic mass is 35.5. The lowest BCUT2D eigenvalue weighted by molar-refractivity contribution is 0.265. The quantitative estimate of drug-likeness (QED) is 0.477. The number of anilines is 1. The van der Waals surface area contributed by atoms with Gasteiger partial charge in [0.25, 0.3) is 0 Å². The minimum atomic E-state index is -0.279. The van der Waals surface area contributed by atoms with E-state index in [2.05, 4.69) is 5.32 Å². The normalized spacial score (nSPS) is 10.6. The first-order chi connectivity index (χ1) is 13.6. The first-order valence-corrected chi connectivity index (χ1v) is 9.56. The van der Waals surface area contributed by atoms with E-state index in [1.165, 1.54) is 6.07 Å². The van der Waals surface area contributed by atoms with Crippen LogP contribution in [0.15, 0.2) is 60.7 Å². The molecular weight excluding hydrogens is 377 g/mol. The monoisotopic (exact) mass is 399 g/mol. The average molecular weight is 400 g/mol. The fourth-order valence-corrected chi connectivity index (χ4v) is 2.98. The third-order valence-electron chi connectivity index (χ3n) is 4.33. The summed E-state index contributed by atoms with van der Waals surface area (Å²) in [5.41, 5.74) is 3.66. The van der Waals surface area contributed by atoms with Crippen LogP contribution in [-0.2, 0) is 13.2 Å². The SMILES string of the molecule is CCOc1cc(CNc2cc(Cl)ccc2C)ccc1OCc1ccccc1F. The van der Waals surface area contributed by atoms with E-state index in [9.17, 15) is 4.39 Å². The van der Waals surface area contributed by atoms with E-state index < -0.39 is 0 Å². The molecule has 0 aromatic heterocycles. The maximum Gasteiger partial charge on any atom is 0.161 e. The van der Waals surface area contributed by atoms with Crippen LogP contribution in [0.4, 0.5) is 10.1 Å². The van der Waals surface area contributed by atoms with Crippen LogP contribution in [0.5, 0.6) is 11.5 Å². The van der Waals surface area contributed by atoms with Crippen LogP contribution in [0.1, 0.15) is 23.6 Å². The van der Waals surface area contributed by atoms with E-state index in [1.807, 2.05) is 50.2 Å². The van der Waals surface area contributed by atoms with Gasteiger partial charge in [-0.05, 0) is 55.3 Å². The Bertz CT molecular complexity index is 946. The topological polar surface area (TPSA) is 30.5 Å². The largest absolute Gasteiger partial charge is 0.490 e. The molecule has 28 heavy (non-hydrogen) atoms. The van der Waals surface area contributed by atoms with Gasteiger partial charge in [-0.1, -0.05) is 41.9 Å². The maximum atomic E-state index is 13.8. The van der Waals surface area contributed by atoms with Crippen molar-refractivity contribution < 1.29 is 13.9 Å². The first kappa shape index (κ1) is 20.0. The predicted octanol–water partition coefficient (Wildman–Crippen LogP) is 6.38.